The molecule has 140 valence electrons. The van der Waals surface area contributed by atoms with Gasteiger partial charge in [0.15, 0.2) is 0 Å². The minimum absolute atomic E-state index is 0.330. The fraction of sp³-hybridized carbons (Fsp3) is 0.364. The fourth-order valence-corrected chi connectivity index (χ4v) is 5.56. The van der Waals surface area contributed by atoms with Crippen molar-refractivity contribution in [3.05, 3.63) is 65.4 Å². The van der Waals surface area contributed by atoms with E-state index in [1.54, 1.807) is 18.3 Å². The van der Waals surface area contributed by atoms with E-state index in [9.17, 15) is 8.42 Å². The van der Waals surface area contributed by atoms with Crippen molar-refractivity contribution in [3.8, 4) is 0 Å². The maximum absolute atomic E-state index is 13.2. The lowest BCUT2D eigenvalue weighted by atomic mass is 9.86. The number of hydrogen-bond donors (Lipinski definition) is 1. The number of nitrogens with zero attached hydrogens (tertiary/aromatic N) is 1. The first-order chi connectivity index (χ1) is 13.0. The highest BCUT2D eigenvalue weighted by Crippen LogP contribution is 2.33. The molecule has 5 rings (SSSR count). The lowest BCUT2D eigenvalue weighted by Crippen LogP contribution is -2.36. The summed E-state index contributed by atoms with van der Waals surface area (Å²) in [6.07, 6.45) is 7.50. The summed E-state index contributed by atoms with van der Waals surface area (Å²) in [6, 6.07) is 14.3. The van der Waals surface area contributed by atoms with Gasteiger partial charge in [-0.25, -0.2) is 12.4 Å². The minimum Gasteiger partial charge on any atom is -0.311 e. The van der Waals surface area contributed by atoms with Crippen LogP contribution in [-0.4, -0.2) is 24.5 Å². The monoisotopic (exact) mass is 380 g/mol. The molecule has 3 aromatic rings. The first kappa shape index (κ1) is 17.0. The second kappa shape index (κ2) is 6.21. The molecular formula is C22H24N2O2S. The van der Waals surface area contributed by atoms with Crippen LogP contribution in [0.3, 0.4) is 0 Å². The third-order valence-electron chi connectivity index (χ3n) is 5.88. The molecule has 0 saturated heterocycles. The summed E-state index contributed by atoms with van der Waals surface area (Å²) in [4.78, 5) is 0.330. The van der Waals surface area contributed by atoms with Gasteiger partial charge in [-0.05, 0) is 74.4 Å². The van der Waals surface area contributed by atoms with Gasteiger partial charge in [0.1, 0.15) is 0 Å². The van der Waals surface area contributed by atoms with E-state index < -0.39 is 10.0 Å². The van der Waals surface area contributed by atoms with E-state index in [0.29, 0.717) is 17.0 Å². The van der Waals surface area contributed by atoms with Crippen LogP contribution in [0.15, 0.2) is 53.6 Å². The molecule has 1 aromatic heterocycles. The molecule has 1 N–H and O–H groups in total. The van der Waals surface area contributed by atoms with Crippen LogP contribution in [0.1, 0.15) is 36.0 Å². The van der Waals surface area contributed by atoms with Crippen molar-refractivity contribution >= 4 is 20.9 Å². The number of nitrogens with one attached hydrogen (secondary N) is 1. The summed E-state index contributed by atoms with van der Waals surface area (Å²) < 4.78 is 27.7. The highest BCUT2D eigenvalue weighted by Gasteiger charge is 2.28. The molecular weight excluding hydrogens is 356 g/mol. The highest BCUT2D eigenvalue weighted by atomic mass is 32.2. The molecule has 5 heteroatoms. The molecule has 1 saturated carbocycles. The predicted octanol–water partition coefficient (Wildman–Crippen LogP) is 3.80. The topological polar surface area (TPSA) is 51.1 Å². The minimum atomic E-state index is -3.59. The Hall–Kier alpha value is -2.11. The molecule has 2 aliphatic rings. The van der Waals surface area contributed by atoms with E-state index >= 15 is 0 Å². The van der Waals surface area contributed by atoms with Gasteiger partial charge in [0.05, 0.1) is 10.4 Å². The van der Waals surface area contributed by atoms with Crippen molar-refractivity contribution in [2.24, 2.45) is 0 Å². The smallest absolute Gasteiger partial charge is 0.268 e. The van der Waals surface area contributed by atoms with Crippen molar-refractivity contribution in [1.29, 1.82) is 0 Å². The molecule has 1 heterocycles. The quantitative estimate of drug-likeness (QED) is 0.749. The number of fused-ring (bicyclic) bond motifs is 3. The van der Waals surface area contributed by atoms with Crippen molar-refractivity contribution in [1.82, 2.24) is 9.29 Å². The van der Waals surface area contributed by atoms with Gasteiger partial charge in [-0.2, -0.15) is 0 Å². The van der Waals surface area contributed by atoms with Gasteiger partial charge in [0, 0.05) is 23.7 Å². The Bertz CT molecular complexity index is 1110. The van der Waals surface area contributed by atoms with E-state index in [4.69, 9.17) is 0 Å². The standard InChI is InChI=1S/C22H24N2O2S/c1-15-2-9-19(10-3-15)27(25,26)24-13-12-20-21-14-18(23-17-7-8-17)6-4-16(21)5-11-22(20)24/h2-3,5,9-13,17-18,23H,4,6-8,14H2,1H3. The first-order valence-corrected chi connectivity index (χ1v) is 11.2. The summed E-state index contributed by atoms with van der Waals surface area (Å²) in [5.41, 5.74) is 4.51. The second-order valence-corrected chi connectivity index (χ2v) is 9.76. The summed E-state index contributed by atoms with van der Waals surface area (Å²) in [7, 11) is -3.59. The highest BCUT2D eigenvalue weighted by molar-refractivity contribution is 7.90. The Labute approximate surface area is 160 Å². The van der Waals surface area contributed by atoms with E-state index in [1.165, 1.54) is 27.9 Å². The molecule has 0 aliphatic heterocycles. The maximum Gasteiger partial charge on any atom is 0.268 e. The molecule has 2 aromatic carbocycles. The zero-order valence-electron chi connectivity index (χ0n) is 15.5. The summed E-state index contributed by atoms with van der Waals surface area (Å²) in [5, 5.41) is 4.82. The lowest BCUT2D eigenvalue weighted by molar-refractivity contribution is 0.457. The van der Waals surface area contributed by atoms with Crippen LogP contribution in [0, 0.1) is 6.92 Å². The summed E-state index contributed by atoms with van der Waals surface area (Å²) in [5.74, 6) is 0. The Morgan fingerprint density at radius 1 is 0.963 bits per heavy atom. The number of benzene rings is 2. The molecule has 0 radical (unpaired) electrons. The number of aromatic nitrogens is 1. The Morgan fingerprint density at radius 3 is 2.48 bits per heavy atom. The number of rotatable bonds is 4. The lowest BCUT2D eigenvalue weighted by Gasteiger charge is -2.26. The normalized spacial score (nSPS) is 20.0. The van der Waals surface area contributed by atoms with E-state index in [-0.39, 0.29) is 0 Å². The zero-order valence-corrected chi connectivity index (χ0v) is 16.3. The third-order valence-corrected chi connectivity index (χ3v) is 7.59. The molecule has 1 fully saturated rings. The van der Waals surface area contributed by atoms with Gasteiger partial charge in [-0.15, -0.1) is 0 Å². The van der Waals surface area contributed by atoms with Crippen LogP contribution in [0.25, 0.3) is 10.9 Å². The number of hydrogen-bond acceptors (Lipinski definition) is 3. The van der Waals surface area contributed by atoms with Gasteiger partial charge >= 0.3 is 0 Å². The van der Waals surface area contributed by atoms with Crippen molar-refractivity contribution in [2.75, 3.05) is 0 Å². The molecule has 4 nitrogen and oxygen atoms in total. The molecule has 1 unspecified atom stereocenters. The fourth-order valence-electron chi connectivity index (χ4n) is 4.21. The SMILES string of the molecule is Cc1ccc(S(=O)(=O)n2ccc3c4c(ccc32)CCC(NC2CC2)C4)cc1. The van der Waals surface area contributed by atoms with Gasteiger partial charge in [-0.1, -0.05) is 23.8 Å². The van der Waals surface area contributed by atoms with Crippen molar-refractivity contribution in [3.63, 3.8) is 0 Å². The predicted molar refractivity (Wildman–Crippen MR) is 108 cm³/mol. The number of aryl methyl sites for hydroxylation is 2. The molecule has 2 aliphatic carbocycles. The summed E-state index contributed by atoms with van der Waals surface area (Å²) in [6.45, 7) is 1.96. The van der Waals surface area contributed by atoms with Gasteiger partial charge in [0.2, 0.25) is 0 Å². The zero-order chi connectivity index (χ0) is 18.6. The summed E-state index contributed by atoms with van der Waals surface area (Å²) >= 11 is 0. The van der Waals surface area contributed by atoms with Crippen LogP contribution in [0.5, 0.6) is 0 Å². The average molecular weight is 381 g/mol. The molecule has 0 spiro atoms. The van der Waals surface area contributed by atoms with Gasteiger partial charge in [0.25, 0.3) is 10.0 Å². The Morgan fingerprint density at radius 2 is 1.74 bits per heavy atom. The van der Waals surface area contributed by atoms with Crippen LogP contribution >= 0.6 is 0 Å². The molecule has 0 amide bonds. The van der Waals surface area contributed by atoms with Crippen LogP contribution in [-0.2, 0) is 22.9 Å². The van der Waals surface area contributed by atoms with Gasteiger partial charge < -0.3 is 5.32 Å². The molecule has 1 atom stereocenters. The van der Waals surface area contributed by atoms with Gasteiger partial charge in [-0.3, -0.25) is 0 Å². The first-order valence-electron chi connectivity index (χ1n) is 9.72. The third kappa shape index (κ3) is 2.99. The van der Waals surface area contributed by atoms with E-state index in [0.717, 1.165) is 35.7 Å². The Balaban J connectivity index is 1.56. The molecule has 0 bridgehead atoms. The maximum atomic E-state index is 13.2. The largest absolute Gasteiger partial charge is 0.311 e. The van der Waals surface area contributed by atoms with Crippen molar-refractivity contribution < 1.29 is 8.42 Å². The average Bonchev–Trinajstić information content (AvgIpc) is 3.35. The Kier molecular flexibility index (Phi) is 3.92. The van der Waals surface area contributed by atoms with Crippen LogP contribution in [0.4, 0.5) is 0 Å². The van der Waals surface area contributed by atoms with Crippen LogP contribution in [0.2, 0.25) is 0 Å². The second-order valence-electron chi connectivity index (χ2n) is 7.95. The van der Waals surface area contributed by atoms with Crippen molar-refractivity contribution in [2.45, 2.75) is 56.0 Å². The van der Waals surface area contributed by atoms with Crippen LogP contribution < -0.4 is 5.32 Å². The van der Waals surface area contributed by atoms with E-state index in [2.05, 4.69) is 11.4 Å². The van der Waals surface area contributed by atoms with E-state index in [1.807, 2.05) is 31.2 Å². The molecule has 27 heavy (non-hydrogen) atoms.